The topological polar surface area (TPSA) is 38.7 Å². The Balaban J connectivity index is 1.94. The van der Waals surface area contributed by atoms with Crippen LogP contribution in [0.3, 0.4) is 0 Å². The number of hydrogen-bond acceptors (Lipinski definition) is 3. The van der Waals surface area contributed by atoms with Crippen LogP contribution in [0.15, 0.2) is 42.5 Å². The van der Waals surface area contributed by atoms with Crippen molar-refractivity contribution in [3.63, 3.8) is 0 Å². The zero-order valence-corrected chi connectivity index (χ0v) is 12.2. The molecule has 1 N–H and O–H groups in total. The Hall–Kier alpha value is -2.16. The van der Waals surface area contributed by atoms with Gasteiger partial charge in [0.1, 0.15) is 12.7 Å². The third-order valence-corrected chi connectivity index (χ3v) is 3.75. The maximum atomic E-state index is 10.1. The summed E-state index contributed by atoms with van der Waals surface area (Å²) in [5.74, 6) is 1.27. The van der Waals surface area contributed by atoms with Crippen LogP contribution in [-0.4, -0.2) is 17.8 Å². The first-order valence-electron chi connectivity index (χ1n) is 7.50. The molecule has 3 nitrogen and oxygen atoms in total. The average molecular weight is 284 g/mol. The van der Waals surface area contributed by atoms with Crippen LogP contribution in [0.4, 0.5) is 0 Å². The molecule has 3 rings (SSSR count). The molecule has 0 spiro atoms. The zero-order chi connectivity index (χ0) is 14.7. The predicted molar refractivity (Wildman–Crippen MR) is 83.0 cm³/mol. The molecule has 0 unspecified atom stereocenters. The van der Waals surface area contributed by atoms with E-state index in [2.05, 4.69) is 6.92 Å². The molecule has 0 saturated carbocycles. The molecule has 0 bridgehead atoms. The van der Waals surface area contributed by atoms with Crippen molar-refractivity contribution in [1.29, 1.82) is 0 Å². The number of hydrogen-bond donors (Lipinski definition) is 1. The molecule has 2 aromatic rings. The van der Waals surface area contributed by atoms with Gasteiger partial charge in [0.15, 0.2) is 11.5 Å². The number of rotatable bonds is 4. The third kappa shape index (κ3) is 2.82. The van der Waals surface area contributed by atoms with Crippen molar-refractivity contribution in [2.75, 3.05) is 6.61 Å². The highest BCUT2D eigenvalue weighted by Gasteiger charge is 2.26. The van der Waals surface area contributed by atoms with Gasteiger partial charge in [-0.05, 0) is 30.5 Å². The Morgan fingerprint density at radius 3 is 2.67 bits per heavy atom. The summed E-state index contributed by atoms with van der Waals surface area (Å²) in [6.45, 7) is 2.69. The van der Waals surface area contributed by atoms with Crippen molar-refractivity contribution in [1.82, 2.24) is 0 Å². The molecule has 0 amide bonds. The molecule has 2 aromatic carbocycles. The lowest BCUT2D eigenvalue weighted by Gasteiger charge is -2.28. The van der Waals surface area contributed by atoms with Gasteiger partial charge in [0.05, 0.1) is 0 Å². The van der Waals surface area contributed by atoms with Gasteiger partial charge in [0.2, 0.25) is 5.75 Å². The molecule has 3 heteroatoms. The van der Waals surface area contributed by atoms with Crippen LogP contribution in [0.25, 0.3) is 11.1 Å². The molecule has 21 heavy (non-hydrogen) atoms. The number of unbranched alkanes of at least 4 members (excludes halogenated alkanes) is 1. The lowest BCUT2D eigenvalue weighted by atomic mass is 10.0. The number of phenols is 1. The Bertz CT molecular complexity index is 607. The van der Waals surface area contributed by atoms with Crippen molar-refractivity contribution >= 4 is 0 Å². The van der Waals surface area contributed by atoms with Crippen LogP contribution in [0, 0.1) is 0 Å². The van der Waals surface area contributed by atoms with Crippen LogP contribution in [0.1, 0.15) is 26.2 Å². The molecule has 0 fully saturated rings. The normalized spacial score (nSPS) is 16.7. The first-order valence-corrected chi connectivity index (χ1v) is 7.50. The van der Waals surface area contributed by atoms with Gasteiger partial charge >= 0.3 is 0 Å². The monoisotopic (exact) mass is 284 g/mol. The predicted octanol–water partition coefficient (Wildman–Crippen LogP) is 4.39. The maximum Gasteiger partial charge on any atom is 0.204 e. The minimum absolute atomic E-state index is 0.0226. The highest BCUT2D eigenvalue weighted by Crippen LogP contribution is 2.46. The van der Waals surface area contributed by atoms with Gasteiger partial charge in [-0.15, -0.1) is 0 Å². The van der Waals surface area contributed by atoms with Crippen molar-refractivity contribution in [3.8, 4) is 28.4 Å². The number of benzene rings is 2. The molecule has 0 aliphatic carbocycles. The van der Waals surface area contributed by atoms with E-state index in [4.69, 9.17) is 9.47 Å². The van der Waals surface area contributed by atoms with E-state index in [0.717, 1.165) is 30.4 Å². The van der Waals surface area contributed by atoms with Gasteiger partial charge in [0, 0.05) is 5.56 Å². The van der Waals surface area contributed by atoms with Crippen molar-refractivity contribution in [3.05, 3.63) is 42.5 Å². The maximum absolute atomic E-state index is 10.1. The van der Waals surface area contributed by atoms with Gasteiger partial charge < -0.3 is 14.6 Å². The molecule has 1 aliphatic heterocycles. The molecular weight excluding hydrogens is 264 g/mol. The number of fused-ring (bicyclic) bond motifs is 1. The molecule has 1 heterocycles. The molecule has 0 saturated heterocycles. The summed E-state index contributed by atoms with van der Waals surface area (Å²) in [4.78, 5) is 0. The Morgan fingerprint density at radius 2 is 1.90 bits per heavy atom. The molecule has 0 radical (unpaired) electrons. The summed E-state index contributed by atoms with van der Waals surface area (Å²) >= 11 is 0. The fourth-order valence-corrected chi connectivity index (χ4v) is 2.61. The Kier molecular flexibility index (Phi) is 4.00. The van der Waals surface area contributed by atoms with Gasteiger partial charge in [-0.1, -0.05) is 43.7 Å². The summed E-state index contributed by atoms with van der Waals surface area (Å²) in [6.07, 6.45) is 3.20. The van der Waals surface area contributed by atoms with Gasteiger partial charge in [0.25, 0.3) is 0 Å². The van der Waals surface area contributed by atoms with E-state index < -0.39 is 0 Å². The van der Waals surface area contributed by atoms with Crippen molar-refractivity contribution in [2.24, 2.45) is 0 Å². The molecular formula is C18H20O3. The number of aromatic hydroxyl groups is 1. The molecule has 110 valence electrons. The third-order valence-electron chi connectivity index (χ3n) is 3.75. The van der Waals surface area contributed by atoms with Gasteiger partial charge in [-0.25, -0.2) is 0 Å². The summed E-state index contributed by atoms with van der Waals surface area (Å²) in [5, 5.41) is 10.1. The van der Waals surface area contributed by atoms with E-state index >= 15 is 0 Å². The summed E-state index contributed by atoms with van der Waals surface area (Å²) < 4.78 is 11.9. The fourth-order valence-electron chi connectivity index (χ4n) is 2.61. The van der Waals surface area contributed by atoms with Crippen LogP contribution in [0.5, 0.6) is 17.2 Å². The molecule has 1 aliphatic rings. The van der Waals surface area contributed by atoms with E-state index in [1.54, 1.807) is 6.07 Å². The standard InChI is InChI=1S/C18H20O3/c1-2-3-9-14-12-20-17-15(13-7-5-4-6-8-13)10-11-16(19)18(17)21-14/h4-8,10-11,14,19H,2-3,9,12H2,1H3/t14-/m0/s1. The van der Waals surface area contributed by atoms with Crippen molar-refractivity contribution in [2.45, 2.75) is 32.3 Å². The largest absolute Gasteiger partial charge is 0.504 e. The van der Waals surface area contributed by atoms with Crippen LogP contribution in [0.2, 0.25) is 0 Å². The fraction of sp³-hybridized carbons (Fsp3) is 0.333. The number of phenolic OH excluding ortho intramolecular Hbond substituents is 1. The molecule has 0 aromatic heterocycles. The SMILES string of the molecule is CCCC[C@H]1COc2c(-c3ccccc3)ccc(O)c2O1. The highest BCUT2D eigenvalue weighted by atomic mass is 16.6. The zero-order valence-electron chi connectivity index (χ0n) is 12.2. The second-order valence-electron chi connectivity index (χ2n) is 5.35. The Morgan fingerprint density at radius 1 is 1.10 bits per heavy atom. The first-order chi connectivity index (χ1) is 10.3. The first kappa shape index (κ1) is 13.8. The number of ether oxygens (including phenoxy) is 2. The smallest absolute Gasteiger partial charge is 0.204 e. The lowest BCUT2D eigenvalue weighted by molar-refractivity contribution is 0.0802. The minimum atomic E-state index is 0.0226. The van der Waals surface area contributed by atoms with E-state index in [9.17, 15) is 5.11 Å². The second-order valence-corrected chi connectivity index (χ2v) is 5.35. The average Bonchev–Trinajstić information content (AvgIpc) is 2.54. The minimum Gasteiger partial charge on any atom is -0.504 e. The highest BCUT2D eigenvalue weighted by molar-refractivity contribution is 5.76. The van der Waals surface area contributed by atoms with E-state index in [-0.39, 0.29) is 11.9 Å². The van der Waals surface area contributed by atoms with E-state index in [0.29, 0.717) is 18.1 Å². The van der Waals surface area contributed by atoms with Gasteiger partial charge in [-0.2, -0.15) is 0 Å². The summed E-state index contributed by atoms with van der Waals surface area (Å²) in [7, 11) is 0. The quantitative estimate of drug-likeness (QED) is 0.905. The Labute approximate surface area is 125 Å². The van der Waals surface area contributed by atoms with E-state index in [1.165, 1.54) is 0 Å². The molecule has 1 atom stereocenters. The van der Waals surface area contributed by atoms with Crippen LogP contribution < -0.4 is 9.47 Å². The van der Waals surface area contributed by atoms with Crippen molar-refractivity contribution < 1.29 is 14.6 Å². The lowest BCUT2D eigenvalue weighted by Crippen LogP contribution is -2.29. The van der Waals surface area contributed by atoms with Crippen LogP contribution >= 0.6 is 0 Å². The van der Waals surface area contributed by atoms with Crippen LogP contribution in [-0.2, 0) is 0 Å². The second kappa shape index (κ2) is 6.08. The summed E-state index contributed by atoms with van der Waals surface area (Å²) in [6, 6.07) is 13.6. The van der Waals surface area contributed by atoms with Gasteiger partial charge in [-0.3, -0.25) is 0 Å². The summed E-state index contributed by atoms with van der Waals surface area (Å²) in [5.41, 5.74) is 2.02. The van der Waals surface area contributed by atoms with E-state index in [1.807, 2.05) is 36.4 Å².